The molecule has 0 aliphatic carbocycles. The van der Waals surface area contributed by atoms with Crippen molar-refractivity contribution >= 4 is 29.8 Å². The van der Waals surface area contributed by atoms with Gasteiger partial charge in [-0.25, -0.2) is 9.10 Å². The van der Waals surface area contributed by atoms with E-state index in [4.69, 9.17) is 9.47 Å². The summed E-state index contributed by atoms with van der Waals surface area (Å²) >= 11 is 1.44. The van der Waals surface area contributed by atoms with Gasteiger partial charge in [0.25, 0.3) is 0 Å². The Morgan fingerprint density at radius 3 is 2.17 bits per heavy atom. The smallest absolute Gasteiger partial charge is 0.408 e. The summed E-state index contributed by atoms with van der Waals surface area (Å²) in [5.41, 5.74) is 0.431. The summed E-state index contributed by atoms with van der Waals surface area (Å²) in [4.78, 5) is 40.7. The molecule has 0 aromatic heterocycles. The number of rotatable bonds is 9. The summed E-state index contributed by atoms with van der Waals surface area (Å²) < 4.78 is 12.6. The Morgan fingerprint density at radius 1 is 1.05 bits per heavy atom. The second kappa shape index (κ2) is 12.6. The minimum Gasteiger partial charge on any atom is -0.468 e. The van der Waals surface area contributed by atoms with Gasteiger partial charge in [0.15, 0.2) is 5.78 Å². The van der Waals surface area contributed by atoms with E-state index in [-0.39, 0.29) is 18.7 Å². The number of methoxy groups -OCH3 is 1. The van der Waals surface area contributed by atoms with Crippen molar-refractivity contribution in [2.24, 2.45) is 5.41 Å². The van der Waals surface area contributed by atoms with Crippen LogP contribution in [0.25, 0.3) is 11.1 Å². The average molecular weight is 567 g/mol. The molecule has 1 aliphatic heterocycles. The van der Waals surface area contributed by atoms with Crippen LogP contribution in [-0.2, 0) is 24.5 Å². The standard InChI is InChI=1S/C32H42N2O5S/c1-9-19-40-34-21-32(20-25(34)28(36)38-8,24-17-15-23(16-18-24)22-13-11-10-12-14-22)27(35)26(30(2,3)4)33-29(37)39-31(5,6)7/h9-18,25-26H,1,19-21H2,2-8H3,(H,33,37)/t25?,26-,32?/m1/s1. The van der Waals surface area contributed by atoms with Crippen LogP contribution in [0.1, 0.15) is 53.5 Å². The molecule has 2 aromatic rings. The molecule has 1 fully saturated rings. The molecule has 0 bridgehead atoms. The lowest BCUT2D eigenvalue weighted by atomic mass is 9.68. The highest BCUT2D eigenvalue weighted by molar-refractivity contribution is 7.97. The van der Waals surface area contributed by atoms with E-state index in [0.717, 1.165) is 16.7 Å². The Labute approximate surface area is 242 Å². The SMILES string of the molecule is C=CCSN1CC(C(=O)[C@@H](NC(=O)OC(C)(C)C)C(C)(C)C)(c2ccc(-c3ccccc3)cc2)CC1C(=O)OC. The Kier molecular flexibility index (Phi) is 9.90. The minimum atomic E-state index is -1.09. The zero-order chi connectivity index (χ0) is 29.7. The lowest BCUT2D eigenvalue weighted by Crippen LogP contribution is -2.57. The number of hydrogen-bond acceptors (Lipinski definition) is 7. The van der Waals surface area contributed by atoms with Gasteiger partial charge in [0, 0.05) is 12.3 Å². The Hall–Kier alpha value is -3.10. The van der Waals surface area contributed by atoms with Crippen LogP contribution >= 0.6 is 11.9 Å². The number of esters is 1. The zero-order valence-electron chi connectivity index (χ0n) is 24.7. The summed E-state index contributed by atoms with van der Waals surface area (Å²) in [7, 11) is 1.36. The van der Waals surface area contributed by atoms with Crippen LogP contribution in [0.5, 0.6) is 0 Å². The van der Waals surface area contributed by atoms with Gasteiger partial charge < -0.3 is 14.8 Å². The molecule has 1 N–H and O–H groups in total. The Bertz CT molecular complexity index is 1200. The maximum Gasteiger partial charge on any atom is 0.408 e. The number of carbonyl (C=O) groups is 3. The maximum absolute atomic E-state index is 14.8. The molecule has 0 radical (unpaired) electrons. The molecule has 3 atom stereocenters. The molecule has 8 heteroatoms. The molecule has 1 aliphatic rings. The van der Waals surface area contributed by atoms with Gasteiger partial charge in [-0.05, 0) is 49.3 Å². The van der Waals surface area contributed by atoms with Gasteiger partial charge in [-0.1, -0.05) is 93.4 Å². The van der Waals surface area contributed by atoms with Crippen LogP contribution in [0.15, 0.2) is 67.3 Å². The molecule has 0 saturated carbocycles. The second-order valence-electron chi connectivity index (χ2n) is 12.2. The monoisotopic (exact) mass is 566 g/mol. The van der Waals surface area contributed by atoms with Crippen LogP contribution in [0.3, 0.4) is 0 Å². The van der Waals surface area contributed by atoms with Crippen molar-refractivity contribution in [2.75, 3.05) is 19.4 Å². The van der Waals surface area contributed by atoms with E-state index in [1.807, 2.05) is 79.7 Å². The van der Waals surface area contributed by atoms with Crippen molar-refractivity contribution in [2.45, 2.75) is 71.1 Å². The van der Waals surface area contributed by atoms with Gasteiger partial charge in [-0.15, -0.1) is 6.58 Å². The number of alkyl carbamates (subject to hydrolysis) is 1. The Morgan fingerprint density at radius 2 is 1.65 bits per heavy atom. The largest absolute Gasteiger partial charge is 0.468 e. The number of carbonyl (C=O) groups excluding carboxylic acids is 3. The van der Waals surface area contributed by atoms with Crippen molar-refractivity contribution in [1.29, 1.82) is 0 Å². The summed E-state index contributed by atoms with van der Waals surface area (Å²) in [5, 5.41) is 2.87. The number of ketones is 1. The average Bonchev–Trinajstić information content (AvgIpc) is 3.29. The Balaban J connectivity index is 2.12. The van der Waals surface area contributed by atoms with Gasteiger partial charge in [-0.2, -0.15) is 0 Å². The highest BCUT2D eigenvalue weighted by atomic mass is 32.2. The molecule has 1 saturated heterocycles. The summed E-state index contributed by atoms with van der Waals surface area (Å²) in [6.07, 6.45) is 1.32. The number of ether oxygens (including phenoxy) is 2. The summed E-state index contributed by atoms with van der Waals surface area (Å²) in [6.45, 7) is 15.2. The van der Waals surface area contributed by atoms with Crippen molar-refractivity contribution < 1.29 is 23.9 Å². The molecular formula is C32H42N2O5S. The van der Waals surface area contributed by atoms with E-state index in [0.29, 0.717) is 5.75 Å². The van der Waals surface area contributed by atoms with Crippen LogP contribution < -0.4 is 5.32 Å². The molecule has 2 aromatic carbocycles. The molecule has 216 valence electrons. The van der Waals surface area contributed by atoms with Crippen LogP contribution in [0.2, 0.25) is 0 Å². The van der Waals surface area contributed by atoms with Gasteiger partial charge in [0.1, 0.15) is 11.6 Å². The van der Waals surface area contributed by atoms with Crippen LogP contribution in [0, 0.1) is 5.41 Å². The predicted molar refractivity (Wildman–Crippen MR) is 161 cm³/mol. The van der Waals surface area contributed by atoms with Crippen molar-refractivity contribution in [3.8, 4) is 11.1 Å². The topological polar surface area (TPSA) is 84.9 Å². The summed E-state index contributed by atoms with van der Waals surface area (Å²) in [5.74, 6) is -0.00250. The molecule has 3 rings (SSSR count). The molecule has 0 spiro atoms. The summed E-state index contributed by atoms with van der Waals surface area (Å²) in [6, 6.07) is 16.4. The maximum atomic E-state index is 14.8. The quantitative estimate of drug-likeness (QED) is 0.220. The van der Waals surface area contributed by atoms with Crippen molar-refractivity contribution in [3.05, 3.63) is 72.8 Å². The van der Waals surface area contributed by atoms with E-state index < -0.39 is 40.6 Å². The first-order valence-electron chi connectivity index (χ1n) is 13.5. The first-order valence-corrected chi connectivity index (χ1v) is 14.4. The minimum absolute atomic E-state index is 0.172. The van der Waals surface area contributed by atoms with Crippen molar-refractivity contribution in [1.82, 2.24) is 9.62 Å². The highest BCUT2D eigenvalue weighted by Gasteiger charge is 2.56. The molecule has 1 heterocycles. The number of hydrogen-bond donors (Lipinski definition) is 1. The lowest BCUT2D eigenvalue weighted by Gasteiger charge is -2.38. The van der Waals surface area contributed by atoms with Crippen molar-refractivity contribution in [3.63, 3.8) is 0 Å². The molecule has 1 amide bonds. The van der Waals surface area contributed by atoms with E-state index in [1.165, 1.54) is 19.1 Å². The van der Waals surface area contributed by atoms with Crippen LogP contribution in [0.4, 0.5) is 4.79 Å². The zero-order valence-corrected chi connectivity index (χ0v) is 25.5. The van der Waals surface area contributed by atoms with E-state index in [9.17, 15) is 14.4 Å². The van der Waals surface area contributed by atoms with E-state index in [2.05, 4.69) is 11.9 Å². The number of Topliss-reactive ketones (excluding diaryl/α,β-unsaturated/α-hetero) is 1. The fourth-order valence-electron chi connectivity index (χ4n) is 5.01. The van der Waals surface area contributed by atoms with E-state index >= 15 is 0 Å². The van der Waals surface area contributed by atoms with Gasteiger partial charge in [0.2, 0.25) is 0 Å². The second-order valence-corrected chi connectivity index (χ2v) is 13.3. The predicted octanol–water partition coefficient (Wildman–Crippen LogP) is 6.18. The molecule has 40 heavy (non-hydrogen) atoms. The fraction of sp³-hybridized carbons (Fsp3) is 0.469. The van der Waals surface area contributed by atoms with Crippen LogP contribution in [-0.4, -0.2) is 59.2 Å². The molecular weight excluding hydrogens is 524 g/mol. The number of amides is 1. The number of nitrogens with one attached hydrogen (secondary N) is 1. The number of benzene rings is 2. The lowest BCUT2D eigenvalue weighted by molar-refractivity contribution is -0.144. The fourth-order valence-corrected chi connectivity index (χ4v) is 5.96. The first-order chi connectivity index (χ1) is 18.7. The molecule has 2 unspecified atom stereocenters. The van der Waals surface area contributed by atoms with Gasteiger partial charge in [0.05, 0.1) is 18.6 Å². The normalized spacial score (nSPS) is 20.4. The third-order valence-corrected chi connectivity index (χ3v) is 8.05. The third-order valence-electron chi connectivity index (χ3n) is 6.95. The molecule has 7 nitrogen and oxygen atoms in total. The van der Waals surface area contributed by atoms with Gasteiger partial charge >= 0.3 is 12.1 Å². The highest BCUT2D eigenvalue weighted by Crippen LogP contribution is 2.45. The number of nitrogens with zero attached hydrogens (tertiary/aromatic N) is 1. The first kappa shape index (κ1) is 31.4. The third kappa shape index (κ3) is 7.34. The van der Waals surface area contributed by atoms with E-state index in [1.54, 1.807) is 26.8 Å². The van der Waals surface area contributed by atoms with Gasteiger partial charge in [-0.3, -0.25) is 9.59 Å².